The van der Waals surface area contributed by atoms with E-state index in [1.165, 1.54) is 0 Å². The van der Waals surface area contributed by atoms with Crippen LogP contribution in [0.5, 0.6) is 5.75 Å². The number of carbonyl (C=O) groups excluding carboxylic acids is 1. The Morgan fingerprint density at radius 1 is 1.27 bits per heavy atom. The van der Waals surface area contributed by atoms with E-state index in [9.17, 15) is 23.5 Å². The van der Waals surface area contributed by atoms with Crippen LogP contribution < -0.4 is 9.64 Å². The minimum atomic E-state index is -3.33. The number of carboxylic acid groups (broad SMARTS) is 1. The number of imide groups is 1. The van der Waals surface area contributed by atoms with E-state index in [0.29, 0.717) is 6.42 Å². The zero-order chi connectivity index (χ0) is 20.3. The van der Waals surface area contributed by atoms with E-state index in [1.54, 1.807) is 13.8 Å². The first-order valence-electron chi connectivity index (χ1n) is 7.45. The maximum absolute atomic E-state index is 12.6. The van der Waals surface area contributed by atoms with Crippen molar-refractivity contribution in [2.45, 2.75) is 53.3 Å². The Balaban J connectivity index is 3.24. The summed E-state index contributed by atoms with van der Waals surface area (Å²) in [6.07, 6.45) is -1.93. The van der Waals surface area contributed by atoms with Gasteiger partial charge in [0.05, 0.1) is 0 Å². The fraction of sp³-hybridized carbons (Fsp3) is 0.600. The van der Waals surface area contributed by atoms with E-state index in [4.69, 9.17) is 16.3 Å². The summed E-state index contributed by atoms with van der Waals surface area (Å²) in [7, 11) is 0. The van der Waals surface area contributed by atoms with E-state index in [-0.39, 0.29) is 10.3 Å². The predicted octanol–water partition coefficient (Wildman–Crippen LogP) is 4.57. The van der Waals surface area contributed by atoms with Gasteiger partial charge in [0.1, 0.15) is 11.9 Å². The molecule has 0 aliphatic rings. The molecule has 8 nitrogen and oxygen atoms in total. The van der Waals surface area contributed by atoms with Crippen LogP contribution in [0, 0.1) is 5.41 Å². The molecule has 0 aliphatic heterocycles. The molecule has 26 heavy (non-hydrogen) atoms. The molecule has 1 aromatic rings. The highest BCUT2D eigenvalue weighted by Gasteiger charge is 2.36. The van der Waals surface area contributed by atoms with Gasteiger partial charge in [-0.1, -0.05) is 32.4 Å². The van der Waals surface area contributed by atoms with Gasteiger partial charge in [0, 0.05) is 0 Å². The number of ether oxygens (including phenoxy) is 2. The van der Waals surface area contributed by atoms with Gasteiger partial charge in [-0.25, -0.2) is 19.6 Å². The van der Waals surface area contributed by atoms with Gasteiger partial charge in [-0.05, 0) is 25.7 Å². The highest BCUT2D eigenvalue weighted by Crippen LogP contribution is 2.35. The van der Waals surface area contributed by atoms with Crippen LogP contribution in [-0.2, 0) is 4.74 Å². The SMILES string of the molecule is CC(C)(C)CC(C)(C)OC(=O)N(C(=O)O)c1ncnc(Cl)c1OC(F)F. The van der Waals surface area contributed by atoms with E-state index in [0.717, 1.165) is 6.33 Å². The van der Waals surface area contributed by atoms with Crippen LogP contribution >= 0.6 is 11.6 Å². The summed E-state index contributed by atoms with van der Waals surface area (Å²) in [6.45, 7) is 5.60. The summed E-state index contributed by atoms with van der Waals surface area (Å²) in [5.74, 6) is -1.62. The van der Waals surface area contributed by atoms with Gasteiger partial charge in [-0.2, -0.15) is 13.7 Å². The lowest BCUT2D eigenvalue weighted by atomic mass is 9.84. The highest BCUT2D eigenvalue weighted by atomic mass is 35.5. The van der Waals surface area contributed by atoms with Crippen LogP contribution in [0.3, 0.4) is 0 Å². The monoisotopic (exact) mass is 395 g/mol. The van der Waals surface area contributed by atoms with E-state index < -0.39 is 41.1 Å². The molecule has 1 N–H and O–H groups in total. The molecule has 1 rings (SSSR count). The van der Waals surface area contributed by atoms with Crippen molar-refractivity contribution in [3.8, 4) is 5.75 Å². The second-order valence-electron chi connectivity index (χ2n) is 7.18. The van der Waals surface area contributed by atoms with Crippen molar-refractivity contribution in [1.29, 1.82) is 0 Å². The Hall–Kier alpha value is -2.23. The quantitative estimate of drug-likeness (QED) is 0.728. The number of nitrogens with zero attached hydrogens (tertiary/aromatic N) is 3. The third kappa shape index (κ3) is 6.25. The van der Waals surface area contributed by atoms with Gasteiger partial charge in [0.2, 0.25) is 5.75 Å². The van der Waals surface area contributed by atoms with Crippen molar-refractivity contribution < 1.29 is 33.0 Å². The fourth-order valence-corrected chi connectivity index (χ4v) is 2.72. The largest absolute Gasteiger partial charge is 0.464 e. The van der Waals surface area contributed by atoms with Gasteiger partial charge in [0.25, 0.3) is 0 Å². The predicted molar refractivity (Wildman–Crippen MR) is 88.8 cm³/mol. The van der Waals surface area contributed by atoms with Gasteiger partial charge in [-0.3, -0.25) is 0 Å². The maximum Gasteiger partial charge on any atom is 0.425 e. The van der Waals surface area contributed by atoms with Gasteiger partial charge in [0.15, 0.2) is 11.0 Å². The molecule has 0 saturated carbocycles. The average Bonchev–Trinajstić information content (AvgIpc) is 2.38. The fourth-order valence-electron chi connectivity index (χ4n) is 2.54. The smallest absolute Gasteiger partial charge is 0.425 e. The normalized spacial score (nSPS) is 12.0. The Kier molecular flexibility index (Phi) is 6.70. The van der Waals surface area contributed by atoms with Crippen molar-refractivity contribution in [2.24, 2.45) is 5.41 Å². The zero-order valence-corrected chi connectivity index (χ0v) is 15.7. The summed E-state index contributed by atoms with van der Waals surface area (Å²) in [5.41, 5.74) is -1.26. The minimum Gasteiger partial charge on any atom is -0.464 e. The first-order chi connectivity index (χ1) is 11.7. The van der Waals surface area contributed by atoms with Gasteiger partial charge < -0.3 is 14.6 Å². The van der Waals surface area contributed by atoms with E-state index >= 15 is 0 Å². The molecule has 146 valence electrons. The second-order valence-corrected chi connectivity index (χ2v) is 7.54. The standard InChI is InChI=1S/C15H20ClF2N3O5/c1-14(2,3)6-15(4,5)26-13(24)21(12(22)23)10-8(25-11(17)18)9(16)19-7-20-10/h7,11H,6H2,1-5H3,(H,22,23). The van der Waals surface area contributed by atoms with Crippen LogP contribution in [-0.4, -0.2) is 39.5 Å². The zero-order valence-electron chi connectivity index (χ0n) is 14.9. The van der Waals surface area contributed by atoms with E-state index in [2.05, 4.69) is 14.7 Å². The summed E-state index contributed by atoms with van der Waals surface area (Å²) in [4.78, 5) is 31.0. The highest BCUT2D eigenvalue weighted by molar-refractivity contribution is 6.31. The number of hydrogen-bond donors (Lipinski definition) is 1. The number of amides is 2. The Bertz CT molecular complexity index is 680. The molecule has 0 saturated heterocycles. The number of halogens is 3. The number of aromatic nitrogens is 2. The number of alkyl halides is 2. The molecule has 0 aliphatic carbocycles. The first kappa shape index (κ1) is 21.8. The summed E-state index contributed by atoms with van der Waals surface area (Å²) in [6, 6.07) is 0. The molecule has 0 spiro atoms. The number of anilines is 1. The van der Waals surface area contributed by atoms with E-state index in [1.807, 2.05) is 20.8 Å². The number of hydrogen-bond acceptors (Lipinski definition) is 6. The Morgan fingerprint density at radius 3 is 2.31 bits per heavy atom. The van der Waals surface area contributed by atoms with Crippen molar-refractivity contribution in [3.05, 3.63) is 11.5 Å². The molecule has 0 atom stereocenters. The molecule has 0 bridgehead atoms. The molecule has 2 amide bonds. The lowest BCUT2D eigenvalue weighted by Gasteiger charge is -2.33. The lowest BCUT2D eigenvalue weighted by molar-refractivity contribution is -0.0500. The van der Waals surface area contributed by atoms with Crippen LogP contribution in [0.25, 0.3) is 0 Å². The molecule has 1 aromatic heterocycles. The van der Waals surface area contributed by atoms with Crippen molar-refractivity contribution >= 4 is 29.6 Å². The average molecular weight is 396 g/mol. The Labute approximate surface area is 154 Å². The van der Waals surface area contributed by atoms with Crippen molar-refractivity contribution in [1.82, 2.24) is 9.97 Å². The molecular weight excluding hydrogens is 376 g/mol. The number of carbonyl (C=O) groups is 2. The molecule has 0 aromatic carbocycles. The third-order valence-electron chi connectivity index (χ3n) is 2.85. The Morgan fingerprint density at radius 2 is 1.85 bits per heavy atom. The minimum absolute atomic E-state index is 0.0374. The van der Waals surface area contributed by atoms with Crippen molar-refractivity contribution in [3.63, 3.8) is 0 Å². The van der Waals surface area contributed by atoms with Gasteiger partial charge in [-0.15, -0.1) is 0 Å². The third-order valence-corrected chi connectivity index (χ3v) is 3.12. The number of rotatable bonds is 5. The van der Waals surface area contributed by atoms with Crippen LogP contribution in [0.4, 0.5) is 24.2 Å². The second kappa shape index (κ2) is 7.98. The summed E-state index contributed by atoms with van der Waals surface area (Å²) in [5, 5.41) is 8.77. The topological polar surface area (TPSA) is 102 Å². The molecule has 0 unspecified atom stereocenters. The van der Waals surface area contributed by atoms with Crippen LogP contribution in [0.2, 0.25) is 5.15 Å². The summed E-state index contributed by atoms with van der Waals surface area (Å²) >= 11 is 5.67. The van der Waals surface area contributed by atoms with Gasteiger partial charge >= 0.3 is 18.8 Å². The molecule has 1 heterocycles. The molecule has 0 fully saturated rings. The molecule has 0 radical (unpaired) electrons. The van der Waals surface area contributed by atoms with Crippen LogP contribution in [0.1, 0.15) is 41.0 Å². The lowest BCUT2D eigenvalue weighted by Crippen LogP contribution is -2.43. The first-order valence-corrected chi connectivity index (χ1v) is 7.82. The molecular formula is C15H20ClF2N3O5. The molecule has 11 heteroatoms. The summed E-state index contributed by atoms with van der Waals surface area (Å²) < 4.78 is 34.6. The van der Waals surface area contributed by atoms with Crippen molar-refractivity contribution in [2.75, 3.05) is 4.90 Å². The van der Waals surface area contributed by atoms with Crippen LogP contribution in [0.15, 0.2) is 6.33 Å². The maximum atomic E-state index is 12.6.